The number of nitrogens with one attached hydrogen (secondary N) is 1. The second-order valence-electron chi connectivity index (χ2n) is 5.83. The van der Waals surface area contributed by atoms with E-state index in [0.717, 1.165) is 17.8 Å². The van der Waals surface area contributed by atoms with Crippen LogP contribution in [-0.4, -0.2) is 29.9 Å². The number of hydrogen-bond acceptors (Lipinski definition) is 3. The van der Waals surface area contributed by atoms with Crippen LogP contribution in [0.2, 0.25) is 0 Å². The number of nitrogens with two attached hydrogens (primary N) is 1. The summed E-state index contributed by atoms with van der Waals surface area (Å²) in [4.78, 5) is 14.5. The fourth-order valence-electron chi connectivity index (χ4n) is 3.00. The van der Waals surface area contributed by atoms with Gasteiger partial charge in [-0.05, 0) is 36.9 Å². The number of nitrogens with zero attached hydrogens (tertiary/aromatic N) is 1. The Morgan fingerprint density at radius 2 is 2.20 bits per heavy atom. The van der Waals surface area contributed by atoms with Crippen molar-refractivity contribution in [3.63, 3.8) is 0 Å². The summed E-state index contributed by atoms with van der Waals surface area (Å²) in [5, 5.41) is 2.99. The van der Waals surface area contributed by atoms with Crippen LogP contribution in [0.5, 0.6) is 0 Å². The first kappa shape index (κ1) is 15.0. The molecule has 4 heteroatoms. The van der Waals surface area contributed by atoms with Gasteiger partial charge in [-0.15, -0.1) is 0 Å². The average Bonchev–Trinajstić information content (AvgIpc) is 2.87. The zero-order chi connectivity index (χ0) is 14.5. The SMILES string of the molecule is CC(C)C1CCCN1CC(=O)Nc1ccccc1CN. The van der Waals surface area contributed by atoms with Gasteiger partial charge in [0.1, 0.15) is 0 Å². The normalized spacial score (nSPS) is 19.5. The van der Waals surface area contributed by atoms with Gasteiger partial charge in [0.25, 0.3) is 0 Å². The predicted octanol–water partition coefficient (Wildman–Crippen LogP) is 2.20. The van der Waals surface area contributed by atoms with Gasteiger partial charge in [0, 0.05) is 18.3 Å². The number of carbonyl (C=O) groups is 1. The number of anilines is 1. The predicted molar refractivity (Wildman–Crippen MR) is 82.4 cm³/mol. The van der Waals surface area contributed by atoms with Crippen molar-refractivity contribution in [2.45, 2.75) is 39.3 Å². The second kappa shape index (κ2) is 6.86. The van der Waals surface area contributed by atoms with Gasteiger partial charge in [0.2, 0.25) is 5.91 Å². The van der Waals surface area contributed by atoms with E-state index in [1.165, 1.54) is 12.8 Å². The van der Waals surface area contributed by atoms with E-state index < -0.39 is 0 Å². The molecule has 1 aliphatic heterocycles. The lowest BCUT2D eigenvalue weighted by molar-refractivity contribution is -0.117. The Labute approximate surface area is 121 Å². The Hall–Kier alpha value is -1.39. The molecule has 4 nitrogen and oxygen atoms in total. The monoisotopic (exact) mass is 275 g/mol. The van der Waals surface area contributed by atoms with Crippen molar-refractivity contribution in [3.05, 3.63) is 29.8 Å². The smallest absolute Gasteiger partial charge is 0.238 e. The Balaban J connectivity index is 1.95. The lowest BCUT2D eigenvalue weighted by atomic mass is 10.0. The molecule has 1 unspecified atom stereocenters. The van der Waals surface area contributed by atoms with Gasteiger partial charge >= 0.3 is 0 Å². The van der Waals surface area contributed by atoms with Crippen LogP contribution in [0.25, 0.3) is 0 Å². The summed E-state index contributed by atoms with van der Waals surface area (Å²) in [5.41, 5.74) is 7.50. The quantitative estimate of drug-likeness (QED) is 0.866. The van der Waals surface area contributed by atoms with Gasteiger partial charge in [-0.3, -0.25) is 9.69 Å². The van der Waals surface area contributed by atoms with Crippen LogP contribution in [-0.2, 0) is 11.3 Å². The summed E-state index contributed by atoms with van der Waals surface area (Å²) in [7, 11) is 0. The van der Waals surface area contributed by atoms with Crippen molar-refractivity contribution >= 4 is 11.6 Å². The first-order chi connectivity index (χ1) is 9.61. The Morgan fingerprint density at radius 3 is 2.90 bits per heavy atom. The second-order valence-corrected chi connectivity index (χ2v) is 5.83. The molecule has 1 fully saturated rings. The van der Waals surface area contributed by atoms with E-state index in [1.54, 1.807) is 0 Å². The topological polar surface area (TPSA) is 58.4 Å². The molecule has 0 radical (unpaired) electrons. The number of benzene rings is 1. The van der Waals surface area contributed by atoms with Gasteiger partial charge in [-0.25, -0.2) is 0 Å². The highest BCUT2D eigenvalue weighted by Gasteiger charge is 2.28. The molecule has 1 atom stereocenters. The molecular weight excluding hydrogens is 250 g/mol. The Kier molecular flexibility index (Phi) is 5.15. The van der Waals surface area contributed by atoms with Crippen LogP contribution in [0, 0.1) is 5.92 Å². The van der Waals surface area contributed by atoms with Crippen molar-refractivity contribution in [2.75, 3.05) is 18.4 Å². The highest BCUT2D eigenvalue weighted by molar-refractivity contribution is 5.93. The van der Waals surface area contributed by atoms with Crippen LogP contribution in [0.15, 0.2) is 24.3 Å². The number of para-hydroxylation sites is 1. The summed E-state index contributed by atoms with van der Waals surface area (Å²) in [6, 6.07) is 8.24. The third-order valence-electron chi connectivity index (χ3n) is 4.04. The van der Waals surface area contributed by atoms with Crippen LogP contribution >= 0.6 is 0 Å². The highest BCUT2D eigenvalue weighted by Crippen LogP contribution is 2.23. The summed E-state index contributed by atoms with van der Waals surface area (Å²) in [6.07, 6.45) is 2.39. The number of rotatable bonds is 5. The third-order valence-corrected chi connectivity index (χ3v) is 4.04. The van der Waals surface area contributed by atoms with E-state index in [0.29, 0.717) is 25.0 Å². The summed E-state index contributed by atoms with van der Waals surface area (Å²) in [6.45, 7) is 6.39. The Morgan fingerprint density at radius 1 is 1.45 bits per heavy atom. The number of likely N-dealkylation sites (tertiary alicyclic amines) is 1. The minimum absolute atomic E-state index is 0.0541. The highest BCUT2D eigenvalue weighted by atomic mass is 16.2. The molecule has 3 N–H and O–H groups in total. The first-order valence-corrected chi connectivity index (χ1v) is 7.43. The van der Waals surface area contributed by atoms with E-state index in [4.69, 9.17) is 5.73 Å². The minimum Gasteiger partial charge on any atom is -0.326 e. The molecule has 1 amide bonds. The molecule has 0 aromatic heterocycles. The maximum Gasteiger partial charge on any atom is 0.238 e. The molecule has 110 valence electrons. The lowest BCUT2D eigenvalue weighted by Gasteiger charge is -2.27. The average molecular weight is 275 g/mol. The largest absolute Gasteiger partial charge is 0.326 e. The van der Waals surface area contributed by atoms with E-state index in [9.17, 15) is 4.79 Å². The zero-order valence-corrected chi connectivity index (χ0v) is 12.4. The molecule has 0 spiro atoms. The molecule has 2 rings (SSSR count). The van der Waals surface area contributed by atoms with E-state index >= 15 is 0 Å². The molecule has 0 saturated carbocycles. The van der Waals surface area contributed by atoms with Gasteiger partial charge in [0.15, 0.2) is 0 Å². The number of hydrogen-bond donors (Lipinski definition) is 2. The standard InChI is InChI=1S/C16H25N3O/c1-12(2)15-8-5-9-19(15)11-16(20)18-14-7-4-3-6-13(14)10-17/h3-4,6-7,12,15H,5,8-11,17H2,1-2H3,(H,18,20). The maximum atomic E-state index is 12.2. The minimum atomic E-state index is 0.0541. The van der Waals surface area contributed by atoms with Crippen molar-refractivity contribution in [1.82, 2.24) is 4.90 Å². The van der Waals surface area contributed by atoms with E-state index in [2.05, 4.69) is 24.1 Å². The number of carbonyl (C=O) groups excluding carboxylic acids is 1. The molecule has 1 saturated heterocycles. The van der Waals surface area contributed by atoms with Gasteiger partial charge in [0.05, 0.1) is 6.54 Å². The van der Waals surface area contributed by atoms with Gasteiger partial charge in [-0.1, -0.05) is 32.0 Å². The van der Waals surface area contributed by atoms with Crippen LogP contribution in [0.1, 0.15) is 32.3 Å². The molecule has 1 aliphatic rings. The van der Waals surface area contributed by atoms with Crippen molar-refractivity contribution in [3.8, 4) is 0 Å². The molecule has 1 aromatic carbocycles. The van der Waals surface area contributed by atoms with Crippen LogP contribution < -0.4 is 11.1 Å². The summed E-state index contributed by atoms with van der Waals surface area (Å²) < 4.78 is 0. The van der Waals surface area contributed by atoms with Crippen molar-refractivity contribution in [1.29, 1.82) is 0 Å². The fraction of sp³-hybridized carbons (Fsp3) is 0.562. The molecule has 1 aromatic rings. The molecule has 0 bridgehead atoms. The molecule has 1 heterocycles. The van der Waals surface area contributed by atoms with Crippen molar-refractivity contribution in [2.24, 2.45) is 11.7 Å². The third kappa shape index (κ3) is 3.58. The van der Waals surface area contributed by atoms with Crippen LogP contribution in [0.4, 0.5) is 5.69 Å². The molecule has 20 heavy (non-hydrogen) atoms. The number of amides is 1. The van der Waals surface area contributed by atoms with Gasteiger partial charge < -0.3 is 11.1 Å². The van der Waals surface area contributed by atoms with Gasteiger partial charge in [-0.2, -0.15) is 0 Å². The Bertz CT molecular complexity index is 459. The summed E-state index contributed by atoms with van der Waals surface area (Å²) >= 11 is 0. The maximum absolute atomic E-state index is 12.2. The summed E-state index contributed by atoms with van der Waals surface area (Å²) in [5.74, 6) is 0.653. The molecular formula is C16H25N3O. The zero-order valence-electron chi connectivity index (χ0n) is 12.4. The lowest BCUT2D eigenvalue weighted by Crippen LogP contribution is -2.39. The van der Waals surface area contributed by atoms with E-state index in [1.807, 2.05) is 24.3 Å². The first-order valence-electron chi connectivity index (χ1n) is 7.43. The van der Waals surface area contributed by atoms with E-state index in [-0.39, 0.29) is 5.91 Å². The van der Waals surface area contributed by atoms with Crippen LogP contribution in [0.3, 0.4) is 0 Å². The molecule has 0 aliphatic carbocycles. The van der Waals surface area contributed by atoms with Crippen molar-refractivity contribution < 1.29 is 4.79 Å². The fourth-order valence-corrected chi connectivity index (χ4v) is 3.00.